The Labute approximate surface area is 188 Å². The number of hydrogen-bond donors (Lipinski definition) is 0. The minimum atomic E-state index is 0.216. The molecule has 0 heterocycles. The van der Waals surface area contributed by atoms with E-state index in [0.717, 1.165) is 0 Å². The van der Waals surface area contributed by atoms with Crippen LogP contribution in [0.3, 0.4) is 0 Å². The highest BCUT2D eigenvalue weighted by Crippen LogP contribution is 2.41. The van der Waals surface area contributed by atoms with Crippen LogP contribution in [-0.2, 0) is 0 Å². The molecule has 2 aliphatic carbocycles. The normalized spacial score (nSPS) is 18.4. The van der Waals surface area contributed by atoms with Crippen molar-refractivity contribution >= 4 is 33.7 Å². The molecule has 0 heteroatoms. The fourth-order valence-electron chi connectivity index (χ4n) is 5.53. The van der Waals surface area contributed by atoms with Crippen LogP contribution >= 0.6 is 0 Å². The molecule has 0 spiro atoms. The molecule has 0 aliphatic heterocycles. The molecule has 0 saturated carbocycles. The van der Waals surface area contributed by atoms with Crippen LogP contribution in [0.15, 0.2) is 97.1 Å². The van der Waals surface area contributed by atoms with Crippen LogP contribution in [0.1, 0.15) is 45.2 Å². The quantitative estimate of drug-likeness (QED) is 0.280. The molecule has 7 rings (SSSR count). The number of rotatable bonds is 2. The number of benzene rings is 5. The largest absolute Gasteiger partial charge is 0.0720 e. The standard InChI is InChI=1S/C32H20/c1-6-21-10-4-14-29-27(18-16-23(8-1)31(21)29)25-12-3-13-26(20-25)28-19-17-24-9-2-7-22-11-5-15-30(28)32(22)24/h1-13,16-20,27-28H. The first-order valence-corrected chi connectivity index (χ1v) is 11.2. The third-order valence-corrected chi connectivity index (χ3v) is 6.99. The zero-order valence-corrected chi connectivity index (χ0v) is 17.5. The van der Waals surface area contributed by atoms with Gasteiger partial charge < -0.3 is 0 Å². The molecule has 0 saturated heterocycles. The summed E-state index contributed by atoms with van der Waals surface area (Å²) in [5.74, 6) is 0.432. The maximum absolute atomic E-state index is 3.56. The average molecular weight is 405 g/mol. The van der Waals surface area contributed by atoms with Gasteiger partial charge in [0.05, 0.1) is 0 Å². The summed E-state index contributed by atoms with van der Waals surface area (Å²) >= 11 is 0. The fourth-order valence-corrected chi connectivity index (χ4v) is 5.53. The first kappa shape index (κ1) is 17.7. The van der Waals surface area contributed by atoms with E-state index in [1.807, 2.05) is 0 Å². The summed E-state index contributed by atoms with van der Waals surface area (Å²) in [6, 6.07) is 37.7. The van der Waals surface area contributed by atoms with Gasteiger partial charge in [-0.2, -0.15) is 0 Å². The van der Waals surface area contributed by atoms with Crippen molar-refractivity contribution in [3.63, 3.8) is 0 Å². The third kappa shape index (κ3) is 2.56. The second-order valence-corrected chi connectivity index (χ2v) is 8.75. The first-order chi connectivity index (χ1) is 15.9. The lowest BCUT2D eigenvalue weighted by molar-refractivity contribution is 0.991. The van der Waals surface area contributed by atoms with Crippen molar-refractivity contribution in [1.82, 2.24) is 0 Å². The molecule has 0 amide bonds. The molecule has 0 bridgehead atoms. The van der Waals surface area contributed by atoms with Gasteiger partial charge in [0.1, 0.15) is 0 Å². The van der Waals surface area contributed by atoms with Gasteiger partial charge >= 0.3 is 0 Å². The maximum atomic E-state index is 3.56. The molecular weight excluding hydrogens is 384 g/mol. The van der Waals surface area contributed by atoms with Gasteiger partial charge in [-0.15, -0.1) is 0 Å². The zero-order chi connectivity index (χ0) is 21.1. The van der Waals surface area contributed by atoms with Crippen LogP contribution < -0.4 is 0 Å². The Balaban J connectivity index is 1.36. The smallest absolute Gasteiger partial charge is 0.0285 e. The molecule has 0 aromatic heterocycles. The van der Waals surface area contributed by atoms with E-state index in [0.29, 0.717) is 0 Å². The summed E-state index contributed by atoms with van der Waals surface area (Å²) in [5.41, 5.74) is 7.75. The SMILES string of the molecule is [c]1ccc2cccc3c2c1C(c1cccc(C2C=Cc4cccc5cc[c]c2c45)c1)C=C3. The van der Waals surface area contributed by atoms with Gasteiger partial charge in [0.25, 0.3) is 0 Å². The van der Waals surface area contributed by atoms with Crippen LogP contribution in [0, 0.1) is 12.1 Å². The minimum absolute atomic E-state index is 0.216. The Morgan fingerprint density at radius 1 is 0.531 bits per heavy atom. The van der Waals surface area contributed by atoms with Gasteiger partial charge in [0, 0.05) is 11.8 Å². The Kier molecular flexibility index (Phi) is 3.77. The van der Waals surface area contributed by atoms with E-state index in [1.54, 1.807) is 0 Å². The molecule has 148 valence electrons. The Morgan fingerprint density at radius 3 is 1.56 bits per heavy atom. The summed E-state index contributed by atoms with van der Waals surface area (Å²) in [6.45, 7) is 0. The van der Waals surface area contributed by atoms with Crippen molar-refractivity contribution in [2.24, 2.45) is 0 Å². The van der Waals surface area contributed by atoms with Crippen molar-refractivity contribution in [2.45, 2.75) is 11.8 Å². The molecule has 2 aliphatic rings. The number of hydrogen-bond acceptors (Lipinski definition) is 0. The highest BCUT2D eigenvalue weighted by atomic mass is 14.3. The van der Waals surface area contributed by atoms with Gasteiger partial charge in [-0.25, -0.2) is 0 Å². The van der Waals surface area contributed by atoms with E-state index in [9.17, 15) is 0 Å². The summed E-state index contributed by atoms with van der Waals surface area (Å²) in [6.07, 6.45) is 9.19. The topological polar surface area (TPSA) is 0 Å². The van der Waals surface area contributed by atoms with E-state index in [-0.39, 0.29) is 11.8 Å². The lowest BCUT2D eigenvalue weighted by atomic mass is 9.79. The second kappa shape index (κ2) is 6.80. The van der Waals surface area contributed by atoms with Crippen LogP contribution in [0.25, 0.3) is 33.7 Å². The predicted molar refractivity (Wildman–Crippen MR) is 134 cm³/mol. The Morgan fingerprint density at radius 2 is 1.03 bits per heavy atom. The molecule has 0 fully saturated rings. The second-order valence-electron chi connectivity index (χ2n) is 8.75. The van der Waals surface area contributed by atoms with Gasteiger partial charge in [0.2, 0.25) is 0 Å². The first-order valence-electron chi connectivity index (χ1n) is 11.2. The van der Waals surface area contributed by atoms with Crippen LogP contribution in [0.2, 0.25) is 0 Å². The fraction of sp³-hybridized carbons (Fsp3) is 0.0625. The monoisotopic (exact) mass is 404 g/mol. The van der Waals surface area contributed by atoms with E-state index in [1.165, 1.54) is 54.9 Å². The highest BCUT2D eigenvalue weighted by molar-refractivity contribution is 5.97. The lowest BCUT2D eigenvalue weighted by Gasteiger charge is -2.24. The molecule has 5 aromatic carbocycles. The van der Waals surface area contributed by atoms with Gasteiger partial charge in [0.15, 0.2) is 0 Å². The molecule has 32 heavy (non-hydrogen) atoms. The van der Waals surface area contributed by atoms with Crippen molar-refractivity contribution in [2.75, 3.05) is 0 Å². The van der Waals surface area contributed by atoms with E-state index < -0.39 is 0 Å². The summed E-state index contributed by atoms with van der Waals surface area (Å²) in [4.78, 5) is 0. The molecule has 0 nitrogen and oxygen atoms in total. The van der Waals surface area contributed by atoms with E-state index in [4.69, 9.17) is 0 Å². The van der Waals surface area contributed by atoms with Gasteiger partial charge in [-0.3, -0.25) is 0 Å². The molecular formula is C32H20. The predicted octanol–water partition coefficient (Wildman–Crippen LogP) is 7.91. The third-order valence-electron chi connectivity index (χ3n) is 6.99. The molecule has 5 aromatic rings. The highest BCUT2D eigenvalue weighted by Gasteiger charge is 2.23. The maximum Gasteiger partial charge on any atom is 0.0285 e. The summed E-state index contributed by atoms with van der Waals surface area (Å²) < 4.78 is 0. The molecule has 0 N–H and O–H groups in total. The van der Waals surface area contributed by atoms with Crippen molar-refractivity contribution in [3.05, 3.63) is 143 Å². The van der Waals surface area contributed by atoms with Gasteiger partial charge in [-0.05, 0) is 67.1 Å². The summed E-state index contributed by atoms with van der Waals surface area (Å²) in [7, 11) is 0. The van der Waals surface area contributed by atoms with E-state index >= 15 is 0 Å². The summed E-state index contributed by atoms with van der Waals surface area (Å²) in [5, 5.41) is 5.24. The van der Waals surface area contributed by atoms with Crippen molar-refractivity contribution in [3.8, 4) is 0 Å². The van der Waals surface area contributed by atoms with E-state index in [2.05, 4.69) is 121 Å². The van der Waals surface area contributed by atoms with Crippen molar-refractivity contribution in [1.29, 1.82) is 0 Å². The van der Waals surface area contributed by atoms with Crippen LogP contribution in [0.5, 0.6) is 0 Å². The Bertz CT molecular complexity index is 1450. The van der Waals surface area contributed by atoms with Gasteiger partial charge in [-0.1, -0.05) is 109 Å². The number of allylic oxidation sites excluding steroid dienone is 2. The Hall–Kier alpha value is -3.90. The zero-order valence-electron chi connectivity index (χ0n) is 17.5. The van der Waals surface area contributed by atoms with Crippen LogP contribution in [0.4, 0.5) is 0 Å². The lowest BCUT2D eigenvalue weighted by Crippen LogP contribution is -2.07. The molecule has 2 radical (unpaired) electrons. The van der Waals surface area contributed by atoms with Crippen LogP contribution in [-0.4, -0.2) is 0 Å². The van der Waals surface area contributed by atoms with Crippen molar-refractivity contribution < 1.29 is 0 Å². The molecule has 2 atom stereocenters. The minimum Gasteiger partial charge on any atom is -0.0720 e. The average Bonchev–Trinajstić information content (AvgIpc) is 2.85. The molecule has 2 unspecified atom stereocenters.